The van der Waals surface area contributed by atoms with E-state index in [0.717, 1.165) is 24.4 Å². The largest absolute Gasteiger partial charge is 0.673 e. The molecule has 1 heterocycles. The molecule has 2 aromatic carbocycles. The smallest absolute Gasteiger partial charge is 0.418 e. The highest BCUT2D eigenvalue weighted by molar-refractivity contribution is 6.50. The number of benzene rings is 2. The van der Waals surface area contributed by atoms with Gasteiger partial charge < -0.3 is 17.3 Å². The Morgan fingerprint density at radius 2 is 1.41 bits per heavy atom. The fourth-order valence-corrected chi connectivity index (χ4v) is 3.48. The van der Waals surface area contributed by atoms with Crippen molar-refractivity contribution in [3.05, 3.63) is 77.0 Å². The first-order valence-corrected chi connectivity index (χ1v) is 8.73. The van der Waals surface area contributed by atoms with Crippen molar-refractivity contribution in [2.75, 3.05) is 0 Å². The quantitative estimate of drug-likeness (QED) is 0.256. The Bertz CT molecular complexity index is 946. The van der Waals surface area contributed by atoms with Gasteiger partial charge in [-0.1, -0.05) is 48.5 Å². The molecule has 3 aromatic rings. The van der Waals surface area contributed by atoms with Crippen LogP contribution < -0.4 is 0 Å². The molecule has 1 aliphatic carbocycles. The van der Waals surface area contributed by atoms with Gasteiger partial charge in [-0.15, -0.1) is 0 Å². The summed E-state index contributed by atoms with van der Waals surface area (Å²) in [5, 5.41) is 0. The summed E-state index contributed by atoms with van der Waals surface area (Å²) in [7, 11) is -6.00. The van der Waals surface area contributed by atoms with Gasteiger partial charge in [-0.25, -0.2) is 4.42 Å². The van der Waals surface area contributed by atoms with E-state index in [1.54, 1.807) is 0 Å². The minimum absolute atomic E-state index is 1.01. The van der Waals surface area contributed by atoms with Crippen molar-refractivity contribution in [1.29, 1.82) is 0 Å². The summed E-state index contributed by atoms with van der Waals surface area (Å²) in [5.41, 5.74) is 7.89. The summed E-state index contributed by atoms with van der Waals surface area (Å²) < 4.78 is 45.2. The van der Waals surface area contributed by atoms with Crippen molar-refractivity contribution in [2.45, 2.75) is 26.7 Å². The van der Waals surface area contributed by atoms with E-state index in [2.05, 4.69) is 68.4 Å². The molecule has 0 saturated carbocycles. The standard InChI is InChI=1S/C21H19O.BF4/c1-14-15(2)22-21-18-11-7-6-8-16(18)12-13-19(21)20(14)17-9-4-3-5-10-17;2-1(3,4)5/h3-11H,12-13H2,1-2H3;/q+1;-1. The molecule has 0 amide bonds. The van der Waals surface area contributed by atoms with Crippen LogP contribution in [0.5, 0.6) is 0 Å². The summed E-state index contributed by atoms with van der Waals surface area (Å²) >= 11 is 0. The Morgan fingerprint density at radius 3 is 2.07 bits per heavy atom. The first-order chi connectivity index (χ1) is 12.8. The molecule has 4 rings (SSSR count). The second-order valence-corrected chi connectivity index (χ2v) is 6.48. The predicted octanol–water partition coefficient (Wildman–Crippen LogP) is 6.91. The first-order valence-electron chi connectivity index (χ1n) is 8.73. The van der Waals surface area contributed by atoms with Crippen molar-refractivity contribution >= 4 is 7.25 Å². The molecule has 0 aliphatic heterocycles. The lowest BCUT2D eigenvalue weighted by Crippen LogP contribution is -2.07. The second-order valence-electron chi connectivity index (χ2n) is 6.48. The number of hydrogen-bond donors (Lipinski definition) is 0. The molecule has 0 atom stereocenters. The summed E-state index contributed by atoms with van der Waals surface area (Å²) in [6.45, 7) is 4.24. The molecule has 1 aromatic heterocycles. The third-order valence-corrected chi connectivity index (χ3v) is 4.70. The SMILES string of the molecule is Cc1[o+]c2c(c(-c3ccccc3)c1C)CCc1ccccc1-2.F[B-](F)(F)F. The lowest BCUT2D eigenvalue weighted by Gasteiger charge is -2.17. The molecule has 0 radical (unpaired) electrons. The van der Waals surface area contributed by atoms with Crippen molar-refractivity contribution < 1.29 is 21.7 Å². The van der Waals surface area contributed by atoms with Crippen LogP contribution in [-0.2, 0) is 12.8 Å². The summed E-state index contributed by atoms with van der Waals surface area (Å²) in [4.78, 5) is 0. The zero-order chi connectivity index (χ0) is 19.6. The number of rotatable bonds is 1. The Hall–Kier alpha value is -2.63. The Balaban J connectivity index is 0.000000376. The maximum atomic E-state index is 9.75. The van der Waals surface area contributed by atoms with Gasteiger partial charge in [0.2, 0.25) is 0 Å². The van der Waals surface area contributed by atoms with Crippen LogP contribution in [0, 0.1) is 13.8 Å². The third-order valence-electron chi connectivity index (χ3n) is 4.70. The first kappa shape index (κ1) is 19.1. The molecule has 1 aliphatic rings. The summed E-state index contributed by atoms with van der Waals surface area (Å²) in [6.07, 6.45) is 2.13. The van der Waals surface area contributed by atoms with Crippen molar-refractivity contribution in [1.82, 2.24) is 0 Å². The van der Waals surface area contributed by atoms with Crippen molar-refractivity contribution in [3.8, 4) is 22.5 Å². The van der Waals surface area contributed by atoms with Crippen molar-refractivity contribution in [2.24, 2.45) is 0 Å². The maximum absolute atomic E-state index is 9.75. The lowest BCUT2D eigenvalue weighted by molar-refractivity contribution is 0.368. The van der Waals surface area contributed by atoms with Crippen LogP contribution in [0.3, 0.4) is 0 Å². The molecule has 0 unspecified atom stereocenters. The topological polar surface area (TPSA) is 11.3 Å². The molecule has 0 spiro atoms. The Morgan fingerprint density at radius 1 is 0.815 bits per heavy atom. The van der Waals surface area contributed by atoms with Gasteiger partial charge in [-0.05, 0) is 37.0 Å². The fourth-order valence-electron chi connectivity index (χ4n) is 3.48. The van der Waals surface area contributed by atoms with Gasteiger partial charge in [-0.3, -0.25) is 0 Å². The minimum Gasteiger partial charge on any atom is -0.418 e. The van der Waals surface area contributed by atoms with Crippen LogP contribution in [0.1, 0.15) is 22.5 Å². The van der Waals surface area contributed by atoms with Gasteiger partial charge in [0.05, 0.1) is 23.6 Å². The van der Waals surface area contributed by atoms with Crippen LogP contribution in [0.4, 0.5) is 17.3 Å². The van der Waals surface area contributed by atoms with Gasteiger partial charge >= 0.3 is 18.8 Å². The van der Waals surface area contributed by atoms with E-state index in [0.29, 0.717) is 0 Å². The zero-order valence-electron chi connectivity index (χ0n) is 15.1. The third kappa shape index (κ3) is 4.38. The van der Waals surface area contributed by atoms with Gasteiger partial charge in [-0.2, -0.15) is 0 Å². The monoisotopic (exact) mass is 374 g/mol. The van der Waals surface area contributed by atoms with E-state index in [1.165, 1.54) is 33.4 Å². The van der Waals surface area contributed by atoms with E-state index >= 15 is 0 Å². The molecule has 0 saturated heterocycles. The number of fused-ring (bicyclic) bond motifs is 3. The van der Waals surface area contributed by atoms with Gasteiger partial charge in [0, 0.05) is 5.56 Å². The summed E-state index contributed by atoms with van der Waals surface area (Å²) in [5.74, 6) is 2.07. The van der Waals surface area contributed by atoms with Gasteiger partial charge in [0.15, 0.2) is 0 Å². The number of aryl methyl sites for hydroxylation is 2. The van der Waals surface area contributed by atoms with Crippen LogP contribution in [0.25, 0.3) is 22.5 Å². The Labute approximate surface area is 155 Å². The zero-order valence-corrected chi connectivity index (χ0v) is 15.1. The minimum atomic E-state index is -6.00. The van der Waals surface area contributed by atoms with E-state index in [1.807, 2.05) is 0 Å². The molecule has 0 N–H and O–H groups in total. The highest BCUT2D eigenvalue weighted by Crippen LogP contribution is 2.41. The maximum Gasteiger partial charge on any atom is 0.673 e. The molecule has 0 fully saturated rings. The van der Waals surface area contributed by atoms with E-state index in [9.17, 15) is 17.3 Å². The molecule has 6 heteroatoms. The van der Waals surface area contributed by atoms with Gasteiger partial charge in [0.1, 0.15) is 0 Å². The Kier molecular flexibility index (Phi) is 5.35. The normalized spacial score (nSPS) is 12.5. The van der Waals surface area contributed by atoms with E-state index < -0.39 is 7.25 Å². The molecule has 0 bridgehead atoms. The predicted molar refractivity (Wildman–Crippen MR) is 101 cm³/mol. The highest BCUT2D eigenvalue weighted by atomic mass is 19.5. The second kappa shape index (κ2) is 7.55. The van der Waals surface area contributed by atoms with Gasteiger partial charge in [0.25, 0.3) is 0 Å². The molecule has 140 valence electrons. The van der Waals surface area contributed by atoms with Crippen LogP contribution in [-0.4, -0.2) is 7.25 Å². The molecule has 27 heavy (non-hydrogen) atoms. The highest BCUT2D eigenvalue weighted by Gasteiger charge is 2.32. The molecule has 1 nitrogen and oxygen atoms in total. The lowest BCUT2D eigenvalue weighted by atomic mass is 9.84. The molecular formula is C21H19BF4O. The van der Waals surface area contributed by atoms with E-state index in [-0.39, 0.29) is 0 Å². The van der Waals surface area contributed by atoms with Crippen LogP contribution in [0.15, 0.2) is 59.0 Å². The average Bonchev–Trinajstić information content (AvgIpc) is 2.62. The average molecular weight is 374 g/mol. The van der Waals surface area contributed by atoms with Crippen LogP contribution >= 0.6 is 0 Å². The van der Waals surface area contributed by atoms with Crippen molar-refractivity contribution in [3.63, 3.8) is 0 Å². The number of hydrogen-bond acceptors (Lipinski definition) is 0. The van der Waals surface area contributed by atoms with Crippen LogP contribution in [0.2, 0.25) is 0 Å². The summed E-state index contributed by atoms with van der Waals surface area (Å²) in [6, 6.07) is 19.3. The number of halogens is 4. The fraction of sp³-hybridized carbons (Fsp3) is 0.190. The van der Waals surface area contributed by atoms with E-state index in [4.69, 9.17) is 4.42 Å². The molecular weight excluding hydrogens is 355 g/mol.